The molecule has 3 rings (SSSR count). The van der Waals surface area contributed by atoms with Gasteiger partial charge in [0.15, 0.2) is 0 Å². The molecule has 27 heavy (non-hydrogen) atoms. The smallest absolute Gasteiger partial charge is 0.254 e. The van der Waals surface area contributed by atoms with Crippen LogP contribution in [-0.2, 0) is 11.2 Å². The number of hydrogen-bond acceptors (Lipinski definition) is 3. The van der Waals surface area contributed by atoms with Crippen LogP contribution in [0.4, 0.5) is 0 Å². The van der Waals surface area contributed by atoms with E-state index < -0.39 is 0 Å². The number of para-hydroxylation sites is 1. The highest BCUT2D eigenvalue weighted by atomic mass is 16.5. The average Bonchev–Trinajstić information content (AvgIpc) is 2.70. The van der Waals surface area contributed by atoms with Crippen molar-refractivity contribution in [2.45, 2.75) is 19.8 Å². The Morgan fingerprint density at radius 1 is 1.04 bits per heavy atom. The number of fused-ring (bicyclic) bond motifs is 1. The van der Waals surface area contributed by atoms with Crippen LogP contribution < -0.4 is 0 Å². The van der Waals surface area contributed by atoms with E-state index in [1.165, 1.54) is 5.56 Å². The van der Waals surface area contributed by atoms with Gasteiger partial charge in [-0.2, -0.15) is 0 Å². The summed E-state index contributed by atoms with van der Waals surface area (Å²) in [4.78, 5) is 19.7. The van der Waals surface area contributed by atoms with Crippen LogP contribution in [0.1, 0.15) is 28.0 Å². The van der Waals surface area contributed by atoms with Gasteiger partial charge in [-0.3, -0.25) is 9.78 Å². The Hall–Kier alpha value is -2.72. The number of hydrogen-bond donors (Lipinski definition) is 0. The third-order valence-corrected chi connectivity index (χ3v) is 4.66. The molecule has 1 aromatic heterocycles. The third kappa shape index (κ3) is 4.92. The monoisotopic (exact) mass is 362 g/mol. The second kappa shape index (κ2) is 9.28. The van der Waals surface area contributed by atoms with E-state index in [0.29, 0.717) is 25.3 Å². The minimum Gasteiger partial charge on any atom is -0.383 e. The molecule has 0 unspecified atom stereocenters. The van der Waals surface area contributed by atoms with Gasteiger partial charge < -0.3 is 9.64 Å². The lowest BCUT2D eigenvalue weighted by Gasteiger charge is -2.23. The molecule has 0 N–H and O–H groups in total. The molecule has 1 heterocycles. The molecular formula is C23H26N2O2. The fourth-order valence-corrected chi connectivity index (χ4v) is 3.29. The lowest BCUT2D eigenvalue weighted by molar-refractivity contribution is 0.0695. The number of pyridine rings is 1. The summed E-state index contributed by atoms with van der Waals surface area (Å²) in [6.45, 7) is 3.74. The molecule has 4 nitrogen and oxygen atoms in total. The molecule has 0 aliphatic carbocycles. The van der Waals surface area contributed by atoms with Crippen LogP contribution in [0, 0.1) is 6.92 Å². The molecule has 0 aliphatic rings. The van der Waals surface area contributed by atoms with E-state index in [2.05, 4.69) is 29.2 Å². The van der Waals surface area contributed by atoms with Crippen molar-refractivity contribution in [1.29, 1.82) is 0 Å². The Bertz CT molecular complexity index is 893. The molecule has 4 heteroatoms. The van der Waals surface area contributed by atoms with Crippen molar-refractivity contribution >= 4 is 16.8 Å². The summed E-state index contributed by atoms with van der Waals surface area (Å²) in [5.41, 5.74) is 3.72. The van der Waals surface area contributed by atoms with Crippen LogP contribution in [0.5, 0.6) is 0 Å². The highest BCUT2D eigenvalue weighted by molar-refractivity contribution is 6.06. The van der Waals surface area contributed by atoms with Crippen molar-refractivity contribution in [1.82, 2.24) is 9.88 Å². The summed E-state index contributed by atoms with van der Waals surface area (Å²) in [5, 5.41) is 0.901. The van der Waals surface area contributed by atoms with Gasteiger partial charge in [-0.1, -0.05) is 48.5 Å². The van der Waals surface area contributed by atoms with Gasteiger partial charge in [-0.05, 0) is 37.5 Å². The number of rotatable bonds is 8. The van der Waals surface area contributed by atoms with Crippen molar-refractivity contribution in [2.75, 3.05) is 26.8 Å². The molecule has 0 saturated heterocycles. The van der Waals surface area contributed by atoms with E-state index in [1.54, 1.807) is 7.11 Å². The molecule has 0 fully saturated rings. The largest absolute Gasteiger partial charge is 0.383 e. The molecule has 140 valence electrons. The number of amides is 1. The van der Waals surface area contributed by atoms with E-state index in [4.69, 9.17) is 4.74 Å². The number of ether oxygens (including phenoxy) is 1. The zero-order valence-corrected chi connectivity index (χ0v) is 16.0. The van der Waals surface area contributed by atoms with Crippen LogP contribution in [0.15, 0.2) is 60.7 Å². The lowest BCUT2D eigenvalue weighted by Crippen LogP contribution is -2.35. The fraction of sp³-hybridized carbons (Fsp3) is 0.304. The van der Waals surface area contributed by atoms with Crippen molar-refractivity contribution in [2.24, 2.45) is 0 Å². The van der Waals surface area contributed by atoms with E-state index in [9.17, 15) is 4.79 Å². The molecule has 0 atom stereocenters. The number of nitrogens with zero attached hydrogens (tertiary/aromatic N) is 2. The SMILES string of the molecule is COCCN(CCCc1ccccc1)C(=O)c1cc(C)nc2ccccc12. The van der Waals surface area contributed by atoms with Gasteiger partial charge in [0, 0.05) is 31.3 Å². The number of aryl methyl sites for hydroxylation is 2. The Balaban J connectivity index is 1.79. The number of carbonyl (C=O) groups excluding carboxylic acids is 1. The first-order chi connectivity index (χ1) is 13.2. The quantitative estimate of drug-likeness (QED) is 0.601. The van der Waals surface area contributed by atoms with Gasteiger partial charge in [0.1, 0.15) is 0 Å². The normalized spacial score (nSPS) is 10.9. The van der Waals surface area contributed by atoms with Crippen LogP contribution >= 0.6 is 0 Å². The van der Waals surface area contributed by atoms with Crippen molar-refractivity contribution in [3.8, 4) is 0 Å². The predicted molar refractivity (Wildman–Crippen MR) is 109 cm³/mol. The van der Waals surface area contributed by atoms with Gasteiger partial charge in [-0.15, -0.1) is 0 Å². The summed E-state index contributed by atoms with van der Waals surface area (Å²) in [6, 6.07) is 20.1. The van der Waals surface area contributed by atoms with Gasteiger partial charge >= 0.3 is 0 Å². The summed E-state index contributed by atoms with van der Waals surface area (Å²) in [5.74, 6) is 0.0433. The Morgan fingerprint density at radius 2 is 1.78 bits per heavy atom. The lowest BCUT2D eigenvalue weighted by atomic mass is 10.1. The van der Waals surface area contributed by atoms with Crippen LogP contribution in [0.25, 0.3) is 10.9 Å². The first-order valence-electron chi connectivity index (χ1n) is 9.37. The highest BCUT2D eigenvalue weighted by Gasteiger charge is 2.18. The number of benzene rings is 2. The highest BCUT2D eigenvalue weighted by Crippen LogP contribution is 2.20. The molecule has 0 saturated carbocycles. The first-order valence-corrected chi connectivity index (χ1v) is 9.37. The Morgan fingerprint density at radius 3 is 2.56 bits per heavy atom. The van der Waals surface area contributed by atoms with Crippen molar-refractivity contribution in [3.63, 3.8) is 0 Å². The zero-order valence-electron chi connectivity index (χ0n) is 16.0. The maximum Gasteiger partial charge on any atom is 0.254 e. The number of methoxy groups -OCH3 is 1. The van der Waals surface area contributed by atoms with E-state index in [0.717, 1.165) is 29.4 Å². The molecule has 0 spiro atoms. The van der Waals surface area contributed by atoms with E-state index in [1.807, 2.05) is 48.2 Å². The zero-order chi connectivity index (χ0) is 19.1. The molecular weight excluding hydrogens is 336 g/mol. The maximum atomic E-state index is 13.3. The van der Waals surface area contributed by atoms with Gasteiger partial charge in [0.25, 0.3) is 5.91 Å². The first kappa shape index (κ1) is 19.1. The Kier molecular flexibility index (Phi) is 6.55. The fourth-order valence-electron chi connectivity index (χ4n) is 3.29. The molecule has 1 amide bonds. The minimum atomic E-state index is 0.0433. The summed E-state index contributed by atoms with van der Waals surface area (Å²) in [7, 11) is 1.67. The molecule has 0 bridgehead atoms. The Labute approximate surface area is 160 Å². The van der Waals surface area contributed by atoms with Crippen LogP contribution in [0.2, 0.25) is 0 Å². The minimum absolute atomic E-state index is 0.0433. The van der Waals surface area contributed by atoms with Crippen LogP contribution in [-0.4, -0.2) is 42.6 Å². The van der Waals surface area contributed by atoms with Crippen LogP contribution in [0.3, 0.4) is 0 Å². The molecule has 0 radical (unpaired) electrons. The molecule has 2 aromatic carbocycles. The summed E-state index contributed by atoms with van der Waals surface area (Å²) < 4.78 is 5.23. The summed E-state index contributed by atoms with van der Waals surface area (Å²) >= 11 is 0. The number of aromatic nitrogens is 1. The average molecular weight is 362 g/mol. The molecule has 0 aliphatic heterocycles. The standard InChI is InChI=1S/C23H26N2O2/c1-18-17-21(20-12-6-7-13-22(20)24-18)23(26)25(15-16-27-2)14-8-11-19-9-4-3-5-10-19/h3-7,9-10,12-13,17H,8,11,14-16H2,1-2H3. The van der Waals surface area contributed by atoms with Crippen molar-refractivity contribution in [3.05, 3.63) is 77.5 Å². The van der Waals surface area contributed by atoms with Gasteiger partial charge in [-0.25, -0.2) is 0 Å². The topological polar surface area (TPSA) is 42.4 Å². The second-order valence-corrected chi connectivity index (χ2v) is 6.70. The predicted octanol–water partition coefficient (Wildman–Crippen LogP) is 4.26. The van der Waals surface area contributed by atoms with Crippen molar-refractivity contribution < 1.29 is 9.53 Å². The van der Waals surface area contributed by atoms with E-state index in [-0.39, 0.29) is 5.91 Å². The number of carbonyl (C=O) groups is 1. The maximum absolute atomic E-state index is 13.3. The molecule has 3 aromatic rings. The third-order valence-electron chi connectivity index (χ3n) is 4.66. The summed E-state index contributed by atoms with van der Waals surface area (Å²) in [6.07, 6.45) is 1.87. The van der Waals surface area contributed by atoms with Gasteiger partial charge in [0.05, 0.1) is 17.7 Å². The second-order valence-electron chi connectivity index (χ2n) is 6.70. The van der Waals surface area contributed by atoms with E-state index >= 15 is 0 Å². The van der Waals surface area contributed by atoms with Gasteiger partial charge in [0.2, 0.25) is 0 Å².